The van der Waals surface area contributed by atoms with Gasteiger partial charge in [0.2, 0.25) is 0 Å². The molecule has 7 heteroatoms. The molecule has 0 aliphatic carbocycles. The Hall–Kier alpha value is -2.02. The maximum atomic E-state index is 13.0. The lowest BCUT2D eigenvalue weighted by molar-refractivity contribution is -0.136. The van der Waals surface area contributed by atoms with E-state index in [-0.39, 0.29) is 11.1 Å². The van der Waals surface area contributed by atoms with Crippen LogP contribution in [0.5, 0.6) is 0 Å². The van der Waals surface area contributed by atoms with Gasteiger partial charge >= 0.3 is 12.1 Å². The van der Waals surface area contributed by atoms with E-state index in [1.807, 2.05) is 0 Å². The van der Waals surface area contributed by atoms with Crippen molar-refractivity contribution in [2.24, 2.45) is 0 Å². The molecule has 0 amide bonds. The molecule has 0 aliphatic heterocycles. The molecule has 2 aromatic heterocycles. The Balaban J connectivity index is 2.73. The van der Waals surface area contributed by atoms with E-state index < -0.39 is 17.7 Å². The van der Waals surface area contributed by atoms with E-state index in [0.717, 1.165) is 6.07 Å². The van der Waals surface area contributed by atoms with Gasteiger partial charge in [0.1, 0.15) is 0 Å². The summed E-state index contributed by atoms with van der Waals surface area (Å²) in [5, 5.41) is 9.10. The molecule has 1 N–H and O–H groups in total. The lowest BCUT2D eigenvalue weighted by atomic mass is 10.1. The van der Waals surface area contributed by atoms with Crippen molar-refractivity contribution in [2.45, 2.75) is 12.6 Å². The van der Waals surface area contributed by atoms with Crippen LogP contribution in [-0.2, 0) is 17.3 Å². The maximum Gasteiger partial charge on any atom is 0.418 e. The summed E-state index contributed by atoms with van der Waals surface area (Å²) in [5.74, 6) is -1.39. The van der Waals surface area contributed by atoms with Crippen molar-refractivity contribution in [3.8, 4) is 0 Å². The lowest BCUT2D eigenvalue weighted by Gasteiger charge is -2.10. The number of carbonyl (C=O) groups is 1. The van der Waals surface area contributed by atoms with Crippen LogP contribution in [0.2, 0.25) is 0 Å². The lowest BCUT2D eigenvalue weighted by Crippen LogP contribution is -2.09. The number of methoxy groups -OCH3 is 1. The number of nitrogens with zero attached hydrogens (tertiary/aromatic N) is 1. The quantitative estimate of drug-likeness (QED) is 0.940. The van der Waals surface area contributed by atoms with Crippen LogP contribution in [0.1, 0.15) is 21.6 Å². The Morgan fingerprint density at radius 3 is 2.70 bits per heavy atom. The number of hydrogen-bond donors (Lipinski definition) is 1. The van der Waals surface area contributed by atoms with Crippen LogP contribution in [0.25, 0.3) is 5.52 Å². The summed E-state index contributed by atoms with van der Waals surface area (Å²) in [7, 11) is 1.47. The molecule has 0 unspecified atom stereocenters. The average molecular weight is 287 g/mol. The normalized spacial score (nSPS) is 12.0. The van der Waals surface area contributed by atoms with Crippen molar-refractivity contribution in [3.63, 3.8) is 0 Å². The zero-order chi connectivity index (χ0) is 14.9. The van der Waals surface area contributed by atoms with Crippen molar-refractivity contribution in [2.75, 3.05) is 13.7 Å². The Morgan fingerprint density at radius 2 is 2.15 bits per heavy atom. The molecule has 108 valence electrons. The van der Waals surface area contributed by atoms with E-state index in [4.69, 9.17) is 9.84 Å². The van der Waals surface area contributed by atoms with Crippen LogP contribution >= 0.6 is 0 Å². The molecule has 0 aromatic carbocycles. The summed E-state index contributed by atoms with van der Waals surface area (Å²) < 4.78 is 45.1. The number of carboxylic acids is 1. The van der Waals surface area contributed by atoms with Gasteiger partial charge < -0.3 is 14.2 Å². The second-order valence-electron chi connectivity index (χ2n) is 4.24. The van der Waals surface area contributed by atoms with Crippen LogP contribution in [0.4, 0.5) is 13.2 Å². The number of carboxylic acid groups (broad SMARTS) is 1. The summed E-state index contributed by atoms with van der Waals surface area (Å²) >= 11 is 0. The van der Waals surface area contributed by atoms with E-state index in [9.17, 15) is 18.0 Å². The number of aromatic carboxylic acids is 1. The zero-order valence-corrected chi connectivity index (χ0v) is 10.6. The third-order valence-electron chi connectivity index (χ3n) is 2.97. The Morgan fingerprint density at radius 1 is 1.45 bits per heavy atom. The minimum Gasteiger partial charge on any atom is -0.478 e. The highest BCUT2D eigenvalue weighted by Gasteiger charge is 2.35. The van der Waals surface area contributed by atoms with Crippen LogP contribution in [0.3, 0.4) is 0 Å². The third kappa shape index (κ3) is 2.49. The second kappa shape index (κ2) is 5.16. The first kappa shape index (κ1) is 14.4. The van der Waals surface area contributed by atoms with Crippen LogP contribution < -0.4 is 0 Å². The molecule has 0 saturated heterocycles. The van der Waals surface area contributed by atoms with E-state index in [2.05, 4.69) is 0 Å². The van der Waals surface area contributed by atoms with Crippen LogP contribution in [0.15, 0.2) is 24.4 Å². The van der Waals surface area contributed by atoms with Gasteiger partial charge in [0.25, 0.3) is 0 Å². The summed E-state index contributed by atoms with van der Waals surface area (Å²) in [6.45, 7) is 0.293. The molecule has 2 aromatic rings. The molecule has 0 aliphatic rings. The fourth-order valence-corrected chi connectivity index (χ4v) is 2.12. The molecule has 0 atom stereocenters. The zero-order valence-electron chi connectivity index (χ0n) is 10.6. The van der Waals surface area contributed by atoms with Crippen molar-refractivity contribution < 1.29 is 27.8 Å². The third-order valence-corrected chi connectivity index (χ3v) is 2.97. The fraction of sp³-hybridized carbons (Fsp3) is 0.308. The standard InChI is InChI=1S/C13H12F3NO3/c1-20-6-4-8-7-9(12(18)19)11-10(13(14,15)16)3-2-5-17(8)11/h2-3,5,7H,4,6H2,1H3,(H,18,19). The molecule has 4 nitrogen and oxygen atoms in total. The molecule has 0 radical (unpaired) electrons. The van der Waals surface area contributed by atoms with Gasteiger partial charge in [-0.05, 0) is 18.2 Å². The Bertz CT molecular complexity index is 646. The van der Waals surface area contributed by atoms with E-state index >= 15 is 0 Å². The largest absolute Gasteiger partial charge is 0.478 e. The van der Waals surface area contributed by atoms with Gasteiger partial charge in [-0.15, -0.1) is 0 Å². The molecule has 2 heterocycles. The number of fused-ring (bicyclic) bond motifs is 1. The number of aromatic nitrogens is 1. The molecule has 20 heavy (non-hydrogen) atoms. The first-order chi connectivity index (χ1) is 9.36. The number of alkyl halides is 3. The van der Waals surface area contributed by atoms with Gasteiger partial charge in [0, 0.05) is 25.4 Å². The first-order valence-electron chi connectivity index (χ1n) is 5.78. The molecule has 0 bridgehead atoms. The summed E-state index contributed by atoms with van der Waals surface area (Å²) in [4.78, 5) is 11.2. The predicted octanol–water partition coefficient (Wildman–Crippen LogP) is 2.85. The van der Waals surface area contributed by atoms with Gasteiger partial charge in [0.15, 0.2) is 0 Å². The van der Waals surface area contributed by atoms with Gasteiger partial charge in [-0.25, -0.2) is 4.79 Å². The smallest absolute Gasteiger partial charge is 0.418 e. The number of pyridine rings is 1. The molecule has 0 fully saturated rings. The number of rotatable bonds is 4. The first-order valence-corrected chi connectivity index (χ1v) is 5.78. The van der Waals surface area contributed by atoms with Gasteiger partial charge in [-0.3, -0.25) is 0 Å². The Labute approximate surface area is 112 Å². The highest BCUT2D eigenvalue weighted by atomic mass is 19.4. The fourth-order valence-electron chi connectivity index (χ4n) is 2.12. The van der Waals surface area contributed by atoms with E-state index in [0.29, 0.717) is 18.7 Å². The molecular formula is C13H12F3NO3. The number of halogens is 3. The summed E-state index contributed by atoms with van der Waals surface area (Å²) in [6, 6.07) is 3.38. The highest BCUT2D eigenvalue weighted by Crippen LogP contribution is 2.35. The maximum absolute atomic E-state index is 13.0. The highest BCUT2D eigenvalue weighted by molar-refractivity contribution is 5.97. The second-order valence-corrected chi connectivity index (χ2v) is 4.24. The molecule has 2 rings (SSSR count). The minimum absolute atomic E-state index is 0.293. The SMILES string of the molecule is COCCc1cc(C(=O)O)c2c(C(F)(F)F)cccn12. The van der Waals surface area contributed by atoms with Crippen LogP contribution in [-0.4, -0.2) is 29.2 Å². The monoisotopic (exact) mass is 287 g/mol. The topological polar surface area (TPSA) is 50.9 Å². The minimum atomic E-state index is -4.61. The van der Waals surface area contributed by atoms with E-state index in [1.54, 1.807) is 0 Å². The average Bonchev–Trinajstić information content (AvgIpc) is 2.74. The van der Waals surface area contributed by atoms with E-state index in [1.165, 1.54) is 29.8 Å². The van der Waals surface area contributed by atoms with Crippen molar-refractivity contribution in [3.05, 3.63) is 41.2 Å². The Kier molecular flexibility index (Phi) is 3.71. The summed E-state index contributed by atoms with van der Waals surface area (Å²) in [5.41, 5.74) is -1.19. The van der Waals surface area contributed by atoms with Crippen LogP contribution in [0, 0.1) is 0 Å². The molecule has 0 saturated carbocycles. The van der Waals surface area contributed by atoms with Gasteiger partial charge in [-0.2, -0.15) is 13.2 Å². The summed E-state index contributed by atoms with van der Waals surface area (Å²) in [6.07, 6.45) is -2.86. The van der Waals surface area contributed by atoms with Gasteiger partial charge in [-0.1, -0.05) is 0 Å². The van der Waals surface area contributed by atoms with Crippen molar-refractivity contribution >= 4 is 11.5 Å². The molecular weight excluding hydrogens is 275 g/mol. The predicted molar refractivity (Wildman–Crippen MR) is 64.9 cm³/mol. The van der Waals surface area contributed by atoms with Gasteiger partial charge in [0.05, 0.1) is 23.3 Å². The van der Waals surface area contributed by atoms with Crippen molar-refractivity contribution in [1.29, 1.82) is 0 Å². The molecule has 0 spiro atoms. The number of ether oxygens (including phenoxy) is 1. The van der Waals surface area contributed by atoms with Crippen molar-refractivity contribution in [1.82, 2.24) is 4.40 Å². The number of hydrogen-bond acceptors (Lipinski definition) is 2.